The van der Waals surface area contributed by atoms with E-state index < -0.39 is 31.7 Å². The van der Waals surface area contributed by atoms with Crippen molar-refractivity contribution < 1.29 is 37.5 Å². The van der Waals surface area contributed by atoms with Gasteiger partial charge in [0.25, 0.3) is 0 Å². The summed E-state index contributed by atoms with van der Waals surface area (Å²) in [7, 11) is -1.02. The SMILES string of the molecule is COP(=O)(CC(OC(C)=O)c1cc(NC(=O)CNC(=O)OCc2ccccc2)c(I)cc1I)OC. The molecule has 2 rings (SSSR count). The maximum Gasteiger partial charge on any atom is 0.407 e. The number of ether oxygens (including phenoxy) is 2. The van der Waals surface area contributed by atoms with Crippen molar-refractivity contribution in [3.8, 4) is 0 Å². The van der Waals surface area contributed by atoms with E-state index in [1.807, 2.05) is 52.9 Å². The Kier molecular flexibility index (Phi) is 11.9. The summed E-state index contributed by atoms with van der Waals surface area (Å²) in [6.45, 7) is 1.00. The number of benzene rings is 2. The number of anilines is 1. The second kappa shape index (κ2) is 14.1. The fraction of sp³-hybridized carbons (Fsp3) is 0.318. The standard InChI is InChI=1S/C22H25I2N2O8P/c1-14(27)34-20(13-35(30,31-2)32-3)16-9-19(18(24)10-17(16)23)26-21(28)11-25-22(29)33-12-15-7-5-4-6-8-15/h4-10,20H,11-13H2,1-3H3,(H,25,29)(H,26,28). The van der Waals surface area contributed by atoms with Crippen molar-refractivity contribution in [2.24, 2.45) is 0 Å². The highest BCUT2D eigenvalue weighted by Crippen LogP contribution is 2.50. The summed E-state index contributed by atoms with van der Waals surface area (Å²) in [5.41, 5.74) is 1.76. The first kappa shape index (κ1) is 29.5. The molecule has 0 fully saturated rings. The molecular weight excluding hydrogens is 705 g/mol. The van der Waals surface area contributed by atoms with E-state index in [-0.39, 0.29) is 19.3 Å². The highest BCUT2D eigenvalue weighted by molar-refractivity contribution is 14.1. The normalized spacial score (nSPS) is 11.9. The predicted octanol–water partition coefficient (Wildman–Crippen LogP) is 4.85. The third-order valence-electron chi connectivity index (χ3n) is 4.57. The van der Waals surface area contributed by atoms with Crippen molar-refractivity contribution >= 4 is 76.4 Å². The van der Waals surface area contributed by atoms with Gasteiger partial charge in [0.05, 0.1) is 11.8 Å². The Morgan fingerprint density at radius 1 is 1.03 bits per heavy atom. The van der Waals surface area contributed by atoms with Gasteiger partial charge < -0.3 is 29.2 Å². The van der Waals surface area contributed by atoms with Gasteiger partial charge >= 0.3 is 19.7 Å². The zero-order valence-electron chi connectivity index (χ0n) is 19.2. The van der Waals surface area contributed by atoms with Crippen molar-refractivity contribution in [3.05, 3.63) is 60.7 Å². The van der Waals surface area contributed by atoms with Crippen LogP contribution in [-0.2, 0) is 39.3 Å². The van der Waals surface area contributed by atoms with E-state index >= 15 is 0 Å². The Bertz CT molecular complexity index is 1090. The van der Waals surface area contributed by atoms with Gasteiger partial charge in [-0.3, -0.25) is 14.2 Å². The molecule has 0 aromatic heterocycles. The van der Waals surface area contributed by atoms with Crippen molar-refractivity contribution in [2.75, 3.05) is 32.2 Å². The van der Waals surface area contributed by atoms with E-state index in [1.165, 1.54) is 21.1 Å². The Morgan fingerprint density at radius 2 is 1.69 bits per heavy atom. The predicted molar refractivity (Wildman–Crippen MR) is 146 cm³/mol. The molecule has 0 saturated heterocycles. The number of hydrogen-bond acceptors (Lipinski definition) is 8. The zero-order valence-corrected chi connectivity index (χ0v) is 24.4. The van der Waals surface area contributed by atoms with Gasteiger partial charge in [0.15, 0.2) is 0 Å². The van der Waals surface area contributed by atoms with Gasteiger partial charge in [0, 0.05) is 33.8 Å². The monoisotopic (exact) mass is 730 g/mol. The number of halogens is 2. The number of alkyl carbamates (subject to hydrolysis) is 1. The average Bonchev–Trinajstić information content (AvgIpc) is 2.83. The lowest BCUT2D eigenvalue weighted by Gasteiger charge is -2.23. The minimum Gasteiger partial charge on any atom is -0.457 e. The molecule has 13 heteroatoms. The molecule has 10 nitrogen and oxygen atoms in total. The summed E-state index contributed by atoms with van der Waals surface area (Å²) in [4.78, 5) is 36.1. The first-order chi connectivity index (χ1) is 16.6. The van der Waals surface area contributed by atoms with Crippen molar-refractivity contribution in [1.82, 2.24) is 5.32 Å². The van der Waals surface area contributed by atoms with Gasteiger partial charge in [-0.1, -0.05) is 30.3 Å². The van der Waals surface area contributed by atoms with Crippen LogP contribution in [0.15, 0.2) is 42.5 Å². The number of rotatable bonds is 11. The zero-order chi connectivity index (χ0) is 26.0. The van der Waals surface area contributed by atoms with Gasteiger partial charge in [-0.25, -0.2) is 4.79 Å². The molecule has 0 radical (unpaired) electrons. The molecule has 1 unspecified atom stereocenters. The van der Waals surface area contributed by atoms with E-state index in [0.717, 1.165) is 9.13 Å². The van der Waals surface area contributed by atoms with Crippen LogP contribution in [-0.4, -0.2) is 44.9 Å². The van der Waals surface area contributed by atoms with Crippen LogP contribution in [0.1, 0.15) is 24.2 Å². The Morgan fingerprint density at radius 3 is 2.29 bits per heavy atom. The van der Waals surface area contributed by atoms with Crippen LogP contribution in [0.4, 0.5) is 10.5 Å². The first-order valence-electron chi connectivity index (χ1n) is 10.2. The van der Waals surface area contributed by atoms with Crippen LogP contribution in [0, 0.1) is 7.14 Å². The molecule has 0 heterocycles. The van der Waals surface area contributed by atoms with Crippen LogP contribution < -0.4 is 10.6 Å². The van der Waals surface area contributed by atoms with E-state index in [4.69, 9.17) is 18.5 Å². The third-order valence-corrected chi connectivity index (χ3v) is 8.29. The number of nitrogens with one attached hydrogen (secondary N) is 2. The minimum absolute atomic E-state index is 0.0804. The molecule has 2 amide bonds. The molecule has 0 aliphatic carbocycles. The second-order valence-electron chi connectivity index (χ2n) is 7.07. The molecule has 0 aliphatic rings. The van der Waals surface area contributed by atoms with E-state index in [9.17, 15) is 18.9 Å². The fourth-order valence-corrected chi connectivity index (χ4v) is 5.99. The highest BCUT2D eigenvalue weighted by Gasteiger charge is 2.31. The van der Waals surface area contributed by atoms with Gasteiger partial charge in [0.1, 0.15) is 19.3 Å². The van der Waals surface area contributed by atoms with Crippen molar-refractivity contribution in [3.63, 3.8) is 0 Å². The molecule has 35 heavy (non-hydrogen) atoms. The Balaban J connectivity index is 2.08. The summed E-state index contributed by atoms with van der Waals surface area (Å²) in [6, 6.07) is 12.5. The van der Waals surface area contributed by atoms with Crippen molar-refractivity contribution in [1.29, 1.82) is 0 Å². The quantitative estimate of drug-likeness (QED) is 0.191. The second-order valence-corrected chi connectivity index (χ2v) is 11.7. The molecule has 2 aromatic rings. The number of carbonyl (C=O) groups excluding carboxylic acids is 3. The van der Waals surface area contributed by atoms with Crippen molar-refractivity contribution in [2.45, 2.75) is 19.6 Å². The van der Waals surface area contributed by atoms with Crippen LogP contribution >= 0.6 is 52.8 Å². The smallest absolute Gasteiger partial charge is 0.407 e. The van der Waals surface area contributed by atoms with E-state index in [1.54, 1.807) is 12.1 Å². The molecule has 0 aliphatic heterocycles. The first-order valence-corrected chi connectivity index (χ1v) is 14.1. The Labute approximate surface area is 230 Å². The lowest BCUT2D eigenvalue weighted by Crippen LogP contribution is -2.33. The summed E-state index contributed by atoms with van der Waals surface area (Å²) < 4.78 is 34.6. The molecule has 190 valence electrons. The largest absolute Gasteiger partial charge is 0.457 e. The maximum atomic E-state index is 12.7. The maximum absolute atomic E-state index is 12.7. The summed E-state index contributed by atoms with van der Waals surface area (Å²) in [5, 5.41) is 5.11. The summed E-state index contributed by atoms with van der Waals surface area (Å²) in [5.74, 6) is -1.07. The number of hydrogen-bond donors (Lipinski definition) is 2. The van der Waals surface area contributed by atoms with Crippen LogP contribution in [0.3, 0.4) is 0 Å². The fourth-order valence-electron chi connectivity index (χ4n) is 2.86. The van der Waals surface area contributed by atoms with Gasteiger partial charge in [-0.15, -0.1) is 0 Å². The lowest BCUT2D eigenvalue weighted by atomic mass is 10.1. The van der Waals surface area contributed by atoms with E-state index in [0.29, 0.717) is 14.8 Å². The summed E-state index contributed by atoms with van der Waals surface area (Å²) >= 11 is 4.11. The molecule has 0 spiro atoms. The average molecular weight is 730 g/mol. The number of carbonyl (C=O) groups is 3. The molecule has 2 aromatic carbocycles. The van der Waals surface area contributed by atoms with Gasteiger partial charge in [-0.05, 0) is 62.9 Å². The summed E-state index contributed by atoms with van der Waals surface area (Å²) in [6.07, 6.45) is -1.88. The topological polar surface area (TPSA) is 129 Å². The highest BCUT2D eigenvalue weighted by atomic mass is 127. The van der Waals surface area contributed by atoms with Crippen LogP contribution in [0.5, 0.6) is 0 Å². The molecular formula is C22H25I2N2O8P. The number of amides is 2. The number of esters is 1. The van der Waals surface area contributed by atoms with Crippen LogP contribution in [0.25, 0.3) is 0 Å². The van der Waals surface area contributed by atoms with Crippen LogP contribution in [0.2, 0.25) is 0 Å². The van der Waals surface area contributed by atoms with Gasteiger partial charge in [0.2, 0.25) is 5.91 Å². The molecule has 1 atom stereocenters. The molecule has 2 N–H and O–H groups in total. The van der Waals surface area contributed by atoms with E-state index in [2.05, 4.69) is 33.2 Å². The Hall–Kier alpha value is -1.74. The molecule has 0 bridgehead atoms. The van der Waals surface area contributed by atoms with Gasteiger partial charge in [-0.2, -0.15) is 0 Å². The minimum atomic E-state index is -3.52. The molecule has 0 saturated carbocycles. The lowest BCUT2D eigenvalue weighted by molar-refractivity contribution is -0.145. The third kappa shape index (κ3) is 9.67.